The summed E-state index contributed by atoms with van der Waals surface area (Å²) in [5.41, 5.74) is 5.04. The molecule has 0 fully saturated rings. The first kappa shape index (κ1) is 15.2. The lowest BCUT2D eigenvalue weighted by Gasteiger charge is -2.27. The van der Waals surface area contributed by atoms with Gasteiger partial charge in [0.2, 0.25) is 0 Å². The summed E-state index contributed by atoms with van der Waals surface area (Å²) in [4.78, 5) is 11.4. The van der Waals surface area contributed by atoms with Crippen LogP contribution in [0, 0.1) is 11.8 Å². The fraction of sp³-hybridized carbons (Fsp3) is 0.900. The van der Waals surface area contributed by atoms with Gasteiger partial charge in [-0.2, -0.15) is 13.2 Å². The topological polar surface area (TPSA) is 52.3 Å². The predicted molar refractivity (Wildman–Crippen MR) is 53.6 cm³/mol. The van der Waals surface area contributed by atoms with E-state index < -0.39 is 30.0 Å². The molecule has 0 bridgehead atoms. The van der Waals surface area contributed by atoms with Crippen LogP contribution in [-0.4, -0.2) is 24.8 Å². The third kappa shape index (κ3) is 4.38. The van der Waals surface area contributed by atoms with Crippen LogP contribution in [0.25, 0.3) is 0 Å². The van der Waals surface area contributed by atoms with E-state index in [2.05, 4.69) is 0 Å². The zero-order valence-corrected chi connectivity index (χ0v) is 9.67. The van der Waals surface area contributed by atoms with Crippen molar-refractivity contribution >= 4 is 5.97 Å². The molecule has 0 saturated carbocycles. The standard InChI is InChI=1S/C10H18F3NO2/c1-4-5-16-9(15)7(6(2)3)8(14)10(11,12)13/h6-8H,4-5,14H2,1-3H3/t7-,8-/m0/s1. The summed E-state index contributed by atoms with van der Waals surface area (Å²) in [6.45, 7) is 4.92. The van der Waals surface area contributed by atoms with Gasteiger partial charge in [0.15, 0.2) is 0 Å². The molecule has 0 spiro atoms. The number of esters is 1. The van der Waals surface area contributed by atoms with Gasteiger partial charge in [0.05, 0.1) is 12.5 Å². The van der Waals surface area contributed by atoms with E-state index in [0.717, 1.165) is 0 Å². The highest BCUT2D eigenvalue weighted by Gasteiger charge is 2.46. The van der Waals surface area contributed by atoms with Gasteiger partial charge in [-0.3, -0.25) is 4.79 Å². The quantitative estimate of drug-likeness (QED) is 0.750. The lowest BCUT2D eigenvalue weighted by molar-refractivity contribution is -0.179. The second kappa shape index (κ2) is 6.08. The molecule has 0 aliphatic rings. The third-order valence-electron chi connectivity index (χ3n) is 2.20. The summed E-state index contributed by atoms with van der Waals surface area (Å²) in [5, 5.41) is 0. The smallest absolute Gasteiger partial charge is 0.404 e. The molecule has 96 valence electrons. The summed E-state index contributed by atoms with van der Waals surface area (Å²) in [6, 6.07) is -2.17. The Hall–Kier alpha value is -0.780. The molecule has 2 N–H and O–H groups in total. The zero-order valence-electron chi connectivity index (χ0n) is 9.67. The van der Waals surface area contributed by atoms with Gasteiger partial charge in [-0.15, -0.1) is 0 Å². The number of rotatable bonds is 5. The Morgan fingerprint density at radius 3 is 2.19 bits per heavy atom. The minimum absolute atomic E-state index is 0.118. The number of nitrogens with two attached hydrogens (primary N) is 1. The highest BCUT2D eigenvalue weighted by atomic mass is 19.4. The van der Waals surface area contributed by atoms with Gasteiger partial charge in [0, 0.05) is 0 Å². The molecule has 0 saturated heterocycles. The molecule has 0 aliphatic heterocycles. The summed E-state index contributed by atoms with van der Waals surface area (Å²) in [5.74, 6) is -2.73. The highest BCUT2D eigenvalue weighted by Crippen LogP contribution is 2.29. The van der Waals surface area contributed by atoms with Crippen LogP contribution in [0.5, 0.6) is 0 Å². The molecule has 0 rings (SSSR count). The van der Waals surface area contributed by atoms with Gasteiger partial charge in [0.1, 0.15) is 6.04 Å². The lowest BCUT2D eigenvalue weighted by Crippen LogP contribution is -2.49. The maximum absolute atomic E-state index is 12.4. The third-order valence-corrected chi connectivity index (χ3v) is 2.20. The molecular formula is C10H18F3NO2. The number of carbonyl (C=O) groups excluding carboxylic acids is 1. The lowest BCUT2D eigenvalue weighted by atomic mass is 9.88. The van der Waals surface area contributed by atoms with Crippen LogP contribution in [0.2, 0.25) is 0 Å². The van der Waals surface area contributed by atoms with E-state index in [1.54, 1.807) is 6.92 Å². The van der Waals surface area contributed by atoms with E-state index in [1.807, 2.05) is 0 Å². The normalized spacial score (nSPS) is 16.0. The van der Waals surface area contributed by atoms with Crippen LogP contribution in [-0.2, 0) is 9.53 Å². The Bertz CT molecular complexity index is 229. The maximum atomic E-state index is 12.4. The monoisotopic (exact) mass is 241 g/mol. The number of carbonyl (C=O) groups is 1. The summed E-state index contributed by atoms with van der Waals surface area (Å²) in [7, 11) is 0. The maximum Gasteiger partial charge on any atom is 0.404 e. The molecule has 0 aromatic carbocycles. The molecular weight excluding hydrogens is 223 g/mol. The van der Waals surface area contributed by atoms with Crippen molar-refractivity contribution in [1.82, 2.24) is 0 Å². The molecule has 3 nitrogen and oxygen atoms in total. The molecule has 0 aliphatic carbocycles. The average molecular weight is 241 g/mol. The van der Waals surface area contributed by atoms with Crippen molar-refractivity contribution in [3.05, 3.63) is 0 Å². The number of ether oxygens (including phenoxy) is 1. The number of halogens is 3. The van der Waals surface area contributed by atoms with Crippen LogP contribution >= 0.6 is 0 Å². The van der Waals surface area contributed by atoms with Crippen LogP contribution in [0.15, 0.2) is 0 Å². The van der Waals surface area contributed by atoms with E-state index in [0.29, 0.717) is 6.42 Å². The summed E-state index contributed by atoms with van der Waals surface area (Å²) < 4.78 is 41.9. The Morgan fingerprint density at radius 2 is 1.88 bits per heavy atom. The molecule has 0 amide bonds. The van der Waals surface area contributed by atoms with Crippen molar-refractivity contribution in [2.45, 2.75) is 39.4 Å². The van der Waals surface area contributed by atoms with Crippen LogP contribution in [0.3, 0.4) is 0 Å². The van der Waals surface area contributed by atoms with Crippen molar-refractivity contribution in [3.8, 4) is 0 Å². The summed E-state index contributed by atoms with van der Waals surface area (Å²) in [6.07, 6.45) is -4.02. The van der Waals surface area contributed by atoms with Gasteiger partial charge < -0.3 is 10.5 Å². The van der Waals surface area contributed by atoms with Gasteiger partial charge in [-0.25, -0.2) is 0 Å². The Morgan fingerprint density at radius 1 is 1.38 bits per heavy atom. The molecule has 0 radical (unpaired) electrons. The molecule has 0 aromatic heterocycles. The zero-order chi connectivity index (χ0) is 12.9. The second-order valence-corrected chi connectivity index (χ2v) is 4.00. The van der Waals surface area contributed by atoms with Gasteiger partial charge in [0.25, 0.3) is 0 Å². The minimum atomic E-state index is -4.58. The van der Waals surface area contributed by atoms with Gasteiger partial charge in [-0.05, 0) is 12.3 Å². The second-order valence-electron chi connectivity index (χ2n) is 4.00. The van der Waals surface area contributed by atoms with Gasteiger partial charge in [-0.1, -0.05) is 20.8 Å². The molecule has 16 heavy (non-hydrogen) atoms. The van der Waals surface area contributed by atoms with Crippen molar-refractivity contribution in [2.24, 2.45) is 17.6 Å². The number of hydrogen-bond acceptors (Lipinski definition) is 3. The fourth-order valence-corrected chi connectivity index (χ4v) is 1.34. The van der Waals surface area contributed by atoms with E-state index in [1.165, 1.54) is 13.8 Å². The number of alkyl halides is 3. The van der Waals surface area contributed by atoms with Crippen LogP contribution in [0.1, 0.15) is 27.2 Å². The van der Waals surface area contributed by atoms with E-state index in [-0.39, 0.29) is 6.61 Å². The van der Waals surface area contributed by atoms with Crippen molar-refractivity contribution in [1.29, 1.82) is 0 Å². The van der Waals surface area contributed by atoms with Crippen molar-refractivity contribution < 1.29 is 22.7 Å². The molecule has 6 heteroatoms. The molecule has 0 unspecified atom stereocenters. The Kier molecular flexibility index (Phi) is 5.78. The predicted octanol–water partition coefficient (Wildman–Crippen LogP) is 2.10. The van der Waals surface area contributed by atoms with E-state index in [4.69, 9.17) is 10.5 Å². The van der Waals surface area contributed by atoms with Crippen LogP contribution in [0.4, 0.5) is 13.2 Å². The SMILES string of the molecule is CCCOC(=O)[C@@H](C(C)C)[C@H](N)C(F)(F)F. The minimum Gasteiger partial charge on any atom is -0.465 e. The molecule has 0 heterocycles. The number of hydrogen-bond donors (Lipinski definition) is 1. The van der Waals surface area contributed by atoms with Crippen LogP contribution < -0.4 is 5.73 Å². The van der Waals surface area contributed by atoms with Crippen molar-refractivity contribution in [3.63, 3.8) is 0 Å². The first-order valence-electron chi connectivity index (χ1n) is 5.20. The van der Waals surface area contributed by atoms with Crippen molar-refractivity contribution in [2.75, 3.05) is 6.61 Å². The van der Waals surface area contributed by atoms with E-state index in [9.17, 15) is 18.0 Å². The van der Waals surface area contributed by atoms with E-state index >= 15 is 0 Å². The largest absolute Gasteiger partial charge is 0.465 e. The Balaban J connectivity index is 4.67. The van der Waals surface area contributed by atoms with Gasteiger partial charge >= 0.3 is 12.1 Å². The fourth-order valence-electron chi connectivity index (χ4n) is 1.34. The first-order chi connectivity index (χ1) is 7.21. The Labute approximate surface area is 93.1 Å². The first-order valence-corrected chi connectivity index (χ1v) is 5.20. The molecule has 2 atom stereocenters. The molecule has 0 aromatic rings. The summed E-state index contributed by atoms with van der Waals surface area (Å²) >= 11 is 0. The average Bonchev–Trinajstić information content (AvgIpc) is 2.12. The highest BCUT2D eigenvalue weighted by molar-refractivity contribution is 5.73.